The number of halogens is 2. The third-order valence-electron chi connectivity index (χ3n) is 3.96. The second-order valence-electron chi connectivity index (χ2n) is 5.33. The van der Waals surface area contributed by atoms with Crippen molar-refractivity contribution in [2.45, 2.75) is 19.3 Å². The lowest BCUT2D eigenvalue weighted by Gasteiger charge is -2.25. The predicted octanol–water partition coefficient (Wildman–Crippen LogP) is 2.93. The van der Waals surface area contributed by atoms with Crippen molar-refractivity contribution in [1.82, 2.24) is 4.57 Å². The molecule has 1 atom stereocenters. The maximum atomic E-state index is 13.3. The molecule has 0 saturated heterocycles. The zero-order valence-corrected chi connectivity index (χ0v) is 12.8. The molecular weight excluding hydrogens is 309 g/mol. The van der Waals surface area contributed by atoms with Crippen LogP contribution < -0.4 is 10.3 Å². The number of aryl methyl sites for hydroxylation is 1. The van der Waals surface area contributed by atoms with Gasteiger partial charge in [0, 0.05) is 24.7 Å². The Morgan fingerprint density at radius 2 is 2.05 bits per heavy atom. The normalized spacial score (nSPS) is 17.1. The fourth-order valence-electron chi connectivity index (χ4n) is 2.66. The molecule has 0 spiro atoms. The van der Waals surface area contributed by atoms with E-state index in [2.05, 4.69) is 0 Å². The molecule has 0 amide bonds. The van der Waals surface area contributed by atoms with Crippen LogP contribution in [0.15, 0.2) is 29.1 Å². The molecule has 1 aliphatic rings. The minimum absolute atomic E-state index is 0.0211. The van der Waals surface area contributed by atoms with E-state index in [1.165, 1.54) is 22.8 Å². The molecule has 0 fully saturated rings. The average Bonchev–Trinajstić information content (AvgIpc) is 2.46. The maximum Gasteiger partial charge on any atom is 0.312 e. The second kappa shape index (κ2) is 5.25. The van der Waals surface area contributed by atoms with E-state index in [0.717, 1.165) is 0 Å². The maximum absolute atomic E-state index is 13.3. The van der Waals surface area contributed by atoms with E-state index in [0.29, 0.717) is 16.8 Å². The predicted molar refractivity (Wildman–Crippen MR) is 79.9 cm³/mol. The summed E-state index contributed by atoms with van der Waals surface area (Å²) in [6.07, 6.45) is 0.0211. The molecule has 1 aromatic heterocycles. The summed E-state index contributed by atoms with van der Waals surface area (Å²) in [5, 5.41) is -0.0399. The molecule has 1 aromatic carbocycles. The summed E-state index contributed by atoms with van der Waals surface area (Å²) in [7, 11) is 1.66. The molecule has 4 nitrogen and oxygen atoms in total. The topological polar surface area (TPSA) is 48.3 Å². The van der Waals surface area contributed by atoms with Crippen LogP contribution in [0.25, 0.3) is 0 Å². The molecule has 0 bridgehead atoms. The van der Waals surface area contributed by atoms with Gasteiger partial charge in [-0.05, 0) is 24.6 Å². The molecule has 1 unspecified atom stereocenters. The number of ether oxygens (including phenoxy) is 1. The van der Waals surface area contributed by atoms with Gasteiger partial charge in [-0.1, -0.05) is 17.7 Å². The Balaban J connectivity index is 2.23. The first kappa shape index (κ1) is 14.8. The van der Waals surface area contributed by atoms with Crippen molar-refractivity contribution in [1.29, 1.82) is 0 Å². The third kappa shape index (κ3) is 2.31. The largest absolute Gasteiger partial charge is 0.426 e. The third-order valence-corrected chi connectivity index (χ3v) is 4.25. The summed E-state index contributed by atoms with van der Waals surface area (Å²) < 4.78 is 20.0. The minimum Gasteiger partial charge on any atom is -0.426 e. The molecule has 0 saturated carbocycles. The van der Waals surface area contributed by atoms with E-state index in [-0.39, 0.29) is 22.8 Å². The van der Waals surface area contributed by atoms with E-state index >= 15 is 0 Å². The van der Waals surface area contributed by atoms with Gasteiger partial charge < -0.3 is 9.30 Å². The number of carbonyl (C=O) groups is 1. The van der Waals surface area contributed by atoms with Crippen LogP contribution in [0.5, 0.6) is 5.75 Å². The summed E-state index contributed by atoms with van der Waals surface area (Å²) in [6.45, 7) is 1.76. The fraction of sp³-hybridized carbons (Fsp3) is 0.250. The molecular formula is C16H13ClFNO3. The van der Waals surface area contributed by atoms with Crippen molar-refractivity contribution in [2.75, 3.05) is 0 Å². The molecule has 0 aliphatic carbocycles. The van der Waals surface area contributed by atoms with Crippen molar-refractivity contribution in [3.8, 4) is 5.75 Å². The smallest absolute Gasteiger partial charge is 0.312 e. The Morgan fingerprint density at radius 3 is 2.73 bits per heavy atom. The van der Waals surface area contributed by atoms with Crippen molar-refractivity contribution in [2.24, 2.45) is 7.05 Å². The first-order valence-electron chi connectivity index (χ1n) is 6.74. The number of fused-ring (bicyclic) bond motifs is 1. The average molecular weight is 322 g/mol. The van der Waals surface area contributed by atoms with Crippen molar-refractivity contribution < 1.29 is 13.9 Å². The van der Waals surface area contributed by atoms with Crippen molar-refractivity contribution in [3.63, 3.8) is 0 Å². The van der Waals surface area contributed by atoms with Crippen LogP contribution in [0, 0.1) is 12.7 Å². The number of nitrogens with zero attached hydrogens (tertiary/aromatic N) is 1. The number of esters is 1. The number of carbonyl (C=O) groups excluding carboxylic acids is 1. The molecule has 2 heterocycles. The number of rotatable bonds is 1. The van der Waals surface area contributed by atoms with Gasteiger partial charge >= 0.3 is 5.97 Å². The van der Waals surface area contributed by atoms with Crippen LogP contribution >= 0.6 is 11.6 Å². The van der Waals surface area contributed by atoms with Crippen LogP contribution in [-0.4, -0.2) is 10.5 Å². The summed E-state index contributed by atoms with van der Waals surface area (Å²) in [5.74, 6) is -1.19. The van der Waals surface area contributed by atoms with Gasteiger partial charge in [-0.3, -0.25) is 9.59 Å². The summed E-state index contributed by atoms with van der Waals surface area (Å²) in [6, 6.07) is 5.87. The van der Waals surface area contributed by atoms with Crippen molar-refractivity contribution >= 4 is 17.6 Å². The van der Waals surface area contributed by atoms with Gasteiger partial charge in [-0.25, -0.2) is 4.39 Å². The van der Waals surface area contributed by atoms with Gasteiger partial charge in [-0.15, -0.1) is 0 Å². The Kier molecular flexibility index (Phi) is 3.53. The first-order chi connectivity index (χ1) is 10.4. The Bertz CT molecular complexity index is 844. The van der Waals surface area contributed by atoms with E-state index < -0.39 is 17.7 Å². The van der Waals surface area contributed by atoms with E-state index in [1.54, 1.807) is 20.0 Å². The van der Waals surface area contributed by atoms with Crippen LogP contribution in [0.4, 0.5) is 4.39 Å². The van der Waals surface area contributed by atoms with E-state index in [9.17, 15) is 14.0 Å². The highest BCUT2D eigenvalue weighted by Crippen LogP contribution is 2.37. The lowest BCUT2D eigenvalue weighted by atomic mass is 9.87. The lowest BCUT2D eigenvalue weighted by Crippen LogP contribution is -2.32. The summed E-state index contributed by atoms with van der Waals surface area (Å²) in [5.41, 5.74) is 1.47. The second-order valence-corrected chi connectivity index (χ2v) is 5.74. The molecule has 1 aliphatic heterocycles. The zero-order chi connectivity index (χ0) is 16.0. The van der Waals surface area contributed by atoms with Gasteiger partial charge in [0.25, 0.3) is 5.56 Å². The number of aromatic nitrogens is 1. The highest BCUT2D eigenvalue weighted by Gasteiger charge is 2.32. The fourth-order valence-corrected chi connectivity index (χ4v) is 2.85. The van der Waals surface area contributed by atoms with Crippen LogP contribution in [0.2, 0.25) is 5.02 Å². The van der Waals surface area contributed by atoms with Crippen LogP contribution in [0.1, 0.15) is 29.2 Å². The van der Waals surface area contributed by atoms with Gasteiger partial charge in [0.15, 0.2) is 0 Å². The highest BCUT2D eigenvalue weighted by atomic mass is 35.5. The van der Waals surface area contributed by atoms with Gasteiger partial charge in [0.05, 0.1) is 17.0 Å². The van der Waals surface area contributed by atoms with Gasteiger partial charge in [0.2, 0.25) is 0 Å². The number of pyridine rings is 1. The van der Waals surface area contributed by atoms with Crippen LogP contribution in [-0.2, 0) is 11.8 Å². The quantitative estimate of drug-likeness (QED) is 0.759. The molecule has 114 valence electrons. The summed E-state index contributed by atoms with van der Waals surface area (Å²) >= 11 is 5.82. The monoisotopic (exact) mass is 321 g/mol. The summed E-state index contributed by atoms with van der Waals surface area (Å²) in [4.78, 5) is 24.4. The molecule has 0 radical (unpaired) electrons. The first-order valence-corrected chi connectivity index (χ1v) is 7.12. The molecule has 6 heteroatoms. The molecule has 3 rings (SSSR count). The van der Waals surface area contributed by atoms with Gasteiger partial charge in [0.1, 0.15) is 11.6 Å². The zero-order valence-electron chi connectivity index (χ0n) is 12.0. The SMILES string of the molecule is Cc1cc2c(c(=O)n1C)C(c1ccc(F)c(Cl)c1)CC(=O)O2. The standard InChI is InChI=1S/C16H13ClFNO3/c1-8-5-13-15(16(21)19(8)2)10(7-14(20)22-13)9-3-4-12(18)11(17)6-9/h3-6,10H,7H2,1-2H3. The van der Waals surface area contributed by atoms with E-state index in [4.69, 9.17) is 16.3 Å². The van der Waals surface area contributed by atoms with E-state index in [1.807, 2.05) is 0 Å². The molecule has 22 heavy (non-hydrogen) atoms. The minimum atomic E-state index is -0.541. The Morgan fingerprint density at radius 1 is 1.32 bits per heavy atom. The lowest BCUT2D eigenvalue weighted by molar-refractivity contribution is -0.135. The number of hydrogen-bond donors (Lipinski definition) is 0. The Labute approximate surface area is 131 Å². The highest BCUT2D eigenvalue weighted by molar-refractivity contribution is 6.30. The number of hydrogen-bond acceptors (Lipinski definition) is 3. The van der Waals surface area contributed by atoms with Crippen molar-refractivity contribution in [3.05, 3.63) is 62.3 Å². The van der Waals surface area contributed by atoms with Gasteiger partial charge in [-0.2, -0.15) is 0 Å². The Hall–Kier alpha value is -2.14. The number of benzene rings is 1. The van der Waals surface area contributed by atoms with Crippen LogP contribution in [0.3, 0.4) is 0 Å². The molecule has 2 aromatic rings. The molecule has 0 N–H and O–H groups in total.